The molecule has 5 aliphatic carbocycles. The van der Waals surface area contributed by atoms with E-state index in [4.69, 9.17) is 0 Å². The van der Waals surface area contributed by atoms with Crippen LogP contribution in [0.3, 0.4) is 0 Å². The number of allylic oxidation sites excluding steroid dienone is 3. The highest BCUT2D eigenvalue weighted by atomic mass is 15.2. The van der Waals surface area contributed by atoms with E-state index >= 15 is 0 Å². The van der Waals surface area contributed by atoms with Gasteiger partial charge in [0.1, 0.15) is 0 Å². The number of nitrogens with zero attached hydrogens (tertiary/aromatic N) is 2. The molecule has 576 valence electrons. The van der Waals surface area contributed by atoms with Crippen molar-refractivity contribution in [3.05, 3.63) is 413 Å². The average Bonchev–Trinajstić information content (AvgIpc) is 0.959. The summed E-state index contributed by atoms with van der Waals surface area (Å²) in [5.41, 5.74) is 36.0. The lowest BCUT2D eigenvalue weighted by Gasteiger charge is -2.39. The number of hydrogen-bond acceptors (Lipinski definition) is 2. The highest BCUT2D eigenvalue weighted by Crippen LogP contribution is 2.58. The van der Waals surface area contributed by atoms with Crippen molar-refractivity contribution < 1.29 is 0 Å². The van der Waals surface area contributed by atoms with E-state index in [-0.39, 0.29) is 16.9 Å². The number of hydrogen-bond donors (Lipinski definition) is 0. The fourth-order valence-corrected chi connectivity index (χ4v) is 22.1. The second-order valence-electron chi connectivity index (χ2n) is 33.9. The maximum atomic E-state index is 2.68. The maximum Gasteiger partial charge on any atom is 0.0560 e. The van der Waals surface area contributed by atoms with Gasteiger partial charge in [-0.3, -0.25) is 0 Å². The van der Waals surface area contributed by atoms with Gasteiger partial charge in [-0.05, 0) is 288 Å². The zero-order chi connectivity index (χ0) is 79.7. The van der Waals surface area contributed by atoms with Gasteiger partial charge in [0, 0.05) is 46.1 Å². The Hall–Kier alpha value is -13.1. The molecule has 2 nitrogen and oxygen atoms in total. The normalized spacial score (nSPS) is 15.7. The van der Waals surface area contributed by atoms with Crippen LogP contribution >= 0.6 is 0 Å². The van der Waals surface area contributed by atoms with Crippen LogP contribution in [0.1, 0.15) is 148 Å². The Labute approximate surface area is 701 Å². The summed E-state index contributed by atoms with van der Waals surface area (Å²) in [4.78, 5) is 5.31. The number of para-hydroxylation sites is 2. The smallest absolute Gasteiger partial charge is 0.0560 e. The van der Waals surface area contributed by atoms with Gasteiger partial charge in [-0.2, -0.15) is 0 Å². The lowest BCUT2D eigenvalue weighted by atomic mass is 9.70. The molecule has 21 rings (SSSR count). The van der Waals surface area contributed by atoms with Crippen LogP contribution < -0.4 is 9.80 Å². The zero-order valence-electron chi connectivity index (χ0n) is 68.6. The first-order valence-electron chi connectivity index (χ1n) is 43.8. The molecule has 1 atom stereocenters. The average molecular weight is 1530 g/mol. The summed E-state index contributed by atoms with van der Waals surface area (Å²) < 4.78 is 0. The molecule has 1 saturated carbocycles. The Morgan fingerprint density at radius 1 is 0.336 bits per heavy atom. The van der Waals surface area contributed by atoms with Crippen molar-refractivity contribution in [3.63, 3.8) is 0 Å². The molecule has 16 aromatic rings. The van der Waals surface area contributed by atoms with Crippen LogP contribution in [0.2, 0.25) is 0 Å². The van der Waals surface area contributed by atoms with Gasteiger partial charge in [0.25, 0.3) is 0 Å². The molecular weight excluding hydrogens is 1430 g/mol. The third kappa shape index (κ3) is 12.6. The van der Waals surface area contributed by atoms with Gasteiger partial charge < -0.3 is 9.80 Å². The van der Waals surface area contributed by atoms with Gasteiger partial charge in [0.2, 0.25) is 0 Å². The summed E-state index contributed by atoms with van der Waals surface area (Å²) in [6.45, 7) is 9.68. The standard InChI is InChI=1S/C117H98N2/c1-5-116(6-2)109-69-79(59-65-99(109)101-66-62-93(76-110(101)116)118(90-44-18-11-19-45-90)91-46-20-12-21-47-91)57-61-89-75-107(114-104-54-30-26-50-96(104)97-51-27-31-55-105(97)115(114)113(89)81-36-16-10-17-37-81)86-42-32-40-82(70-86)83-41-33-43-87(71-83)112-88(74-106(80-34-14-9-15-35-80)98-52-28-29-53-103(98)112)60-56-78-58-64-100-102-67-63-94(77-111(102)117(7-3,8-4)108(100)68-78)119(92-48-22-13-23-49-92)95-72-84-38-24-25-39-85(84)73-95/h9-11,13-19,22-45,48-72,74-76,91,94H,5-8,12,20-21,46-47,73,77H2,1-4H3. The third-order valence-electron chi connectivity index (χ3n) is 27.9. The minimum Gasteiger partial charge on any atom is -0.338 e. The van der Waals surface area contributed by atoms with E-state index in [1.165, 1.54) is 215 Å². The molecule has 0 aromatic heterocycles. The van der Waals surface area contributed by atoms with Crippen molar-refractivity contribution in [2.75, 3.05) is 9.80 Å². The summed E-state index contributed by atoms with van der Waals surface area (Å²) in [5, 5.41) is 9.99. The van der Waals surface area contributed by atoms with E-state index in [1.54, 1.807) is 5.57 Å². The van der Waals surface area contributed by atoms with Crippen LogP contribution in [0, 0.1) is 0 Å². The van der Waals surface area contributed by atoms with Gasteiger partial charge in [-0.1, -0.05) is 356 Å². The van der Waals surface area contributed by atoms with Crippen LogP contribution in [0.25, 0.3) is 146 Å². The molecule has 0 N–H and O–H groups in total. The Morgan fingerprint density at radius 3 is 1.48 bits per heavy atom. The third-order valence-corrected chi connectivity index (χ3v) is 27.9. The molecule has 0 aliphatic heterocycles. The summed E-state index contributed by atoms with van der Waals surface area (Å²) in [7, 11) is 0. The fraction of sp³-hybridized carbons (Fsp3) is 0.162. The van der Waals surface area contributed by atoms with E-state index in [0.29, 0.717) is 6.04 Å². The van der Waals surface area contributed by atoms with Crippen molar-refractivity contribution in [2.45, 2.75) is 121 Å². The first-order valence-corrected chi connectivity index (χ1v) is 43.8. The first-order chi connectivity index (χ1) is 58.8. The van der Waals surface area contributed by atoms with E-state index in [0.717, 1.165) is 49.7 Å². The minimum atomic E-state index is -0.131. The molecule has 0 spiro atoms. The predicted molar refractivity (Wildman–Crippen MR) is 510 cm³/mol. The van der Waals surface area contributed by atoms with Crippen molar-refractivity contribution in [1.29, 1.82) is 0 Å². The Bertz CT molecular complexity index is 6810. The molecule has 119 heavy (non-hydrogen) atoms. The molecule has 2 heteroatoms. The second-order valence-corrected chi connectivity index (χ2v) is 33.9. The van der Waals surface area contributed by atoms with Gasteiger partial charge in [0.15, 0.2) is 0 Å². The molecular formula is C117H98N2. The zero-order valence-corrected chi connectivity index (χ0v) is 68.6. The summed E-state index contributed by atoms with van der Waals surface area (Å²) in [5.74, 6) is 0. The second kappa shape index (κ2) is 30.7. The van der Waals surface area contributed by atoms with Crippen molar-refractivity contribution in [2.24, 2.45) is 0 Å². The van der Waals surface area contributed by atoms with Crippen LogP contribution in [0.15, 0.2) is 357 Å². The minimum absolute atomic E-state index is 0.0964. The Morgan fingerprint density at radius 2 is 0.832 bits per heavy atom. The van der Waals surface area contributed by atoms with E-state index in [9.17, 15) is 0 Å². The van der Waals surface area contributed by atoms with E-state index in [1.807, 2.05) is 0 Å². The summed E-state index contributed by atoms with van der Waals surface area (Å²) in [6, 6.07) is 127. The Balaban J connectivity index is 0.666. The topological polar surface area (TPSA) is 6.48 Å². The van der Waals surface area contributed by atoms with Crippen molar-refractivity contribution in [1.82, 2.24) is 0 Å². The van der Waals surface area contributed by atoms with Crippen LogP contribution in [-0.2, 0) is 17.3 Å². The molecule has 1 fully saturated rings. The molecule has 5 aliphatic rings. The van der Waals surface area contributed by atoms with Gasteiger partial charge in [0.05, 0.1) is 6.04 Å². The van der Waals surface area contributed by atoms with Gasteiger partial charge in [-0.25, -0.2) is 0 Å². The molecule has 0 saturated heterocycles. The predicted octanol–water partition coefficient (Wildman–Crippen LogP) is 31.8. The lowest BCUT2D eigenvalue weighted by Crippen LogP contribution is -2.37. The monoisotopic (exact) mass is 1530 g/mol. The van der Waals surface area contributed by atoms with Crippen LogP contribution in [0.5, 0.6) is 0 Å². The fourth-order valence-electron chi connectivity index (χ4n) is 22.1. The van der Waals surface area contributed by atoms with Gasteiger partial charge >= 0.3 is 0 Å². The molecule has 0 bridgehead atoms. The van der Waals surface area contributed by atoms with Crippen molar-refractivity contribution in [3.8, 4) is 66.8 Å². The van der Waals surface area contributed by atoms with Crippen LogP contribution in [-0.4, -0.2) is 12.1 Å². The number of anilines is 3. The number of rotatable bonds is 19. The summed E-state index contributed by atoms with van der Waals surface area (Å²) in [6.07, 6.45) is 29.4. The van der Waals surface area contributed by atoms with Crippen molar-refractivity contribution >= 4 is 96.1 Å². The molecule has 16 aromatic carbocycles. The maximum absolute atomic E-state index is 2.68. The molecule has 0 amide bonds. The number of benzene rings is 16. The summed E-state index contributed by atoms with van der Waals surface area (Å²) >= 11 is 0. The Kier molecular flexibility index (Phi) is 19.0. The van der Waals surface area contributed by atoms with Gasteiger partial charge in [-0.15, -0.1) is 0 Å². The number of fused-ring (bicyclic) bond motifs is 13. The molecule has 0 heterocycles. The largest absolute Gasteiger partial charge is 0.338 e. The quantitative estimate of drug-likeness (QED) is 0.0588. The first kappa shape index (κ1) is 73.5. The lowest BCUT2D eigenvalue weighted by molar-refractivity contribution is 0.435. The molecule has 1 unspecified atom stereocenters. The highest BCUT2D eigenvalue weighted by molar-refractivity contribution is 6.32. The highest BCUT2D eigenvalue weighted by Gasteiger charge is 2.46. The molecule has 0 radical (unpaired) electrons. The van der Waals surface area contributed by atoms with Crippen LogP contribution in [0.4, 0.5) is 17.1 Å². The van der Waals surface area contributed by atoms with E-state index in [2.05, 4.69) is 414 Å². The van der Waals surface area contributed by atoms with E-state index < -0.39 is 0 Å². The SMILES string of the molecule is CCC1(CC)C2=C(C=CC(N(C3=Cc4ccccc4C3)c3ccccc3)C2)c2ccc(C=Cc3cc(-c4ccccc4)c4ccccc4c3-c3cccc(-c4cccc(-c5cc(C=Cc6ccc7c(c6)C(CC)(CC)c6cc(N(c8ccccc8)C8CCCCC8)ccc6-7)c(-c6ccccc6)c6c7ccccc7c7ccccc7c56)c4)c3)cc21.